The smallest absolute Gasteiger partial charge is 0.125 e. The van der Waals surface area contributed by atoms with E-state index in [9.17, 15) is 0 Å². The maximum atomic E-state index is 4.53. The fourth-order valence-electron chi connectivity index (χ4n) is 4.12. The minimum absolute atomic E-state index is 1.02. The molecule has 0 radical (unpaired) electrons. The Kier molecular flexibility index (Phi) is 19.1. The number of rotatable bonds is 22. The summed E-state index contributed by atoms with van der Waals surface area (Å²) in [4.78, 5) is 4.53. The third-order valence-electron chi connectivity index (χ3n) is 6.23. The molecule has 0 atom stereocenters. The molecule has 174 valence electrons. The van der Waals surface area contributed by atoms with E-state index in [0.29, 0.717) is 0 Å². The molecule has 0 aliphatic heterocycles. The number of unbranched alkanes of at least 4 members (excludes halogenated alkanes) is 17. The van der Waals surface area contributed by atoms with Gasteiger partial charge in [0.05, 0.1) is 0 Å². The maximum absolute atomic E-state index is 4.53. The lowest BCUT2D eigenvalue weighted by atomic mass is 10.0. The van der Waals surface area contributed by atoms with Crippen LogP contribution in [0.3, 0.4) is 0 Å². The predicted octanol–water partition coefficient (Wildman–Crippen LogP) is 9.49. The average molecular weight is 417 g/mol. The van der Waals surface area contributed by atoms with E-state index in [1.54, 1.807) is 0 Å². The van der Waals surface area contributed by atoms with Crippen LogP contribution in [0.25, 0.3) is 0 Å². The Hall–Kier alpha value is -1.05. The third kappa shape index (κ3) is 16.7. The number of aromatic nitrogens is 1. The van der Waals surface area contributed by atoms with E-state index in [2.05, 4.69) is 42.5 Å². The van der Waals surface area contributed by atoms with Crippen molar-refractivity contribution in [2.45, 2.75) is 142 Å². The van der Waals surface area contributed by atoms with Crippen LogP contribution in [-0.2, 0) is 6.42 Å². The molecular weight excluding hydrogens is 364 g/mol. The van der Waals surface area contributed by atoms with E-state index in [1.807, 2.05) is 0 Å². The number of pyridine rings is 1. The molecule has 0 amide bonds. The van der Waals surface area contributed by atoms with E-state index < -0.39 is 0 Å². The Morgan fingerprint density at radius 3 is 1.47 bits per heavy atom. The van der Waals surface area contributed by atoms with Crippen molar-refractivity contribution in [2.75, 3.05) is 11.9 Å². The van der Waals surface area contributed by atoms with Crippen LogP contribution in [0.2, 0.25) is 0 Å². The first kappa shape index (κ1) is 27.0. The van der Waals surface area contributed by atoms with Crippen molar-refractivity contribution in [1.82, 2.24) is 4.98 Å². The van der Waals surface area contributed by atoms with Gasteiger partial charge in [0.1, 0.15) is 5.82 Å². The maximum Gasteiger partial charge on any atom is 0.125 e. The van der Waals surface area contributed by atoms with Crippen molar-refractivity contribution in [3.63, 3.8) is 0 Å². The molecule has 1 rings (SSSR count). The van der Waals surface area contributed by atoms with Crippen molar-refractivity contribution < 1.29 is 0 Å². The van der Waals surface area contributed by atoms with Gasteiger partial charge in [-0.2, -0.15) is 0 Å². The lowest BCUT2D eigenvalue weighted by Gasteiger charge is -2.06. The van der Waals surface area contributed by atoms with Gasteiger partial charge in [0.25, 0.3) is 0 Å². The Morgan fingerprint density at radius 1 is 0.567 bits per heavy atom. The van der Waals surface area contributed by atoms with E-state index in [-0.39, 0.29) is 0 Å². The number of hydrogen-bond donors (Lipinski definition) is 1. The molecule has 0 bridgehead atoms. The molecule has 0 saturated carbocycles. The molecule has 0 aromatic carbocycles. The number of hydrogen-bond acceptors (Lipinski definition) is 2. The molecule has 1 aromatic heterocycles. The second-order valence-electron chi connectivity index (χ2n) is 9.24. The highest BCUT2D eigenvalue weighted by Gasteiger charge is 1.98. The summed E-state index contributed by atoms with van der Waals surface area (Å²) < 4.78 is 0. The van der Waals surface area contributed by atoms with Crippen LogP contribution in [0.1, 0.15) is 141 Å². The van der Waals surface area contributed by atoms with Crippen LogP contribution in [0.4, 0.5) is 5.82 Å². The predicted molar refractivity (Wildman–Crippen MR) is 136 cm³/mol. The molecule has 1 heterocycles. The standard InChI is InChI=1S/C28H52N2/c1-3-5-7-8-9-10-11-12-13-14-15-16-17-18-19-20-21-22-27-23-24-28(30-26-27)29-25-6-4-2/h23-24,26H,3-22,25H2,1-2H3,(H,29,30). The average Bonchev–Trinajstić information content (AvgIpc) is 2.77. The van der Waals surface area contributed by atoms with Gasteiger partial charge in [0, 0.05) is 12.7 Å². The summed E-state index contributed by atoms with van der Waals surface area (Å²) in [6, 6.07) is 4.38. The van der Waals surface area contributed by atoms with Gasteiger partial charge in [-0.3, -0.25) is 0 Å². The summed E-state index contributed by atoms with van der Waals surface area (Å²) in [5, 5.41) is 3.39. The molecule has 2 heteroatoms. The quantitative estimate of drug-likeness (QED) is 0.190. The van der Waals surface area contributed by atoms with Crippen molar-refractivity contribution in [3.8, 4) is 0 Å². The van der Waals surface area contributed by atoms with E-state index in [4.69, 9.17) is 0 Å². The van der Waals surface area contributed by atoms with Gasteiger partial charge in [0.2, 0.25) is 0 Å². The summed E-state index contributed by atoms with van der Waals surface area (Å²) in [6.07, 6.45) is 30.1. The Morgan fingerprint density at radius 2 is 1.03 bits per heavy atom. The van der Waals surface area contributed by atoms with E-state index >= 15 is 0 Å². The van der Waals surface area contributed by atoms with Crippen LogP contribution >= 0.6 is 0 Å². The first-order valence-electron chi connectivity index (χ1n) is 13.6. The van der Waals surface area contributed by atoms with Crippen LogP contribution in [0.15, 0.2) is 18.3 Å². The molecule has 0 aliphatic carbocycles. The summed E-state index contributed by atoms with van der Waals surface area (Å²) in [5.41, 5.74) is 1.39. The summed E-state index contributed by atoms with van der Waals surface area (Å²) in [7, 11) is 0. The van der Waals surface area contributed by atoms with Gasteiger partial charge in [0.15, 0.2) is 0 Å². The third-order valence-corrected chi connectivity index (χ3v) is 6.23. The zero-order valence-corrected chi connectivity index (χ0v) is 20.5. The molecule has 30 heavy (non-hydrogen) atoms. The minimum atomic E-state index is 1.02. The van der Waals surface area contributed by atoms with Crippen molar-refractivity contribution in [3.05, 3.63) is 23.9 Å². The zero-order valence-electron chi connectivity index (χ0n) is 20.5. The highest BCUT2D eigenvalue weighted by atomic mass is 15.0. The highest BCUT2D eigenvalue weighted by Crippen LogP contribution is 2.15. The lowest BCUT2D eigenvalue weighted by Crippen LogP contribution is -2.02. The van der Waals surface area contributed by atoms with Gasteiger partial charge < -0.3 is 5.32 Å². The lowest BCUT2D eigenvalue weighted by molar-refractivity contribution is 0.527. The van der Waals surface area contributed by atoms with Crippen LogP contribution in [0, 0.1) is 0 Å². The van der Waals surface area contributed by atoms with Gasteiger partial charge in [-0.15, -0.1) is 0 Å². The number of anilines is 1. The molecular formula is C28H52N2. The molecule has 0 fully saturated rings. The second-order valence-corrected chi connectivity index (χ2v) is 9.24. The van der Waals surface area contributed by atoms with Gasteiger partial charge in [-0.05, 0) is 30.9 Å². The first-order chi connectivity index (χ1) is 14.9. The van der Waals surface area contributed by atoms with Crippen LogP contribution < -0.4 is 5.32 Å². The number of aryl methyl sites for hydroxylation is 1. The fraction of sp³-hybridized carbons (Fsp3) is 0.821. The van der Waals surface area contributed by atoms with Gasteiger partial charge in [-0.25, -0.2) is 4.98 Å². The Bertz CT molecular complexity index is 454. The zero-order chi connectivity index (χ0) is 21.5. The highest BCUT2D eigenvalue weighted by molar-refractivity contribution is 5.35. The minimum Gasteiger partial charge on any atom is -0.370 e. The molecule has 0 unspecified atom stereocenters. The normalized spacial score (nSPS) is 11.1. The molecule has 1 N–H and O–H groups in total. The van der Waals surface area contributed by atoms with E-state index in [1.165, 1.54) is 134 Å². The first-order valence-corrected chi connectivity index (χ1v) is 13.6. The fourth-order valence-corrected chi connectivity index (χ4v) is 4.12. The van der Waals surface area contributed by atoms with Gasteiger partial charge >= 0.3 is 0 Å². The summed E-state index contributed by atoms with van der Waals surface area (Å²) in [5.74, 6) is 1.02. The molecule has 0 aliphatic rings. The molecule has 1 aromatic rings. The summed E-state index contributed by atoms with van der Waals surface area (Å²) in [6.45, 7) is 5.55. The Balaban J connectivity index is 1.80. The largest absolute Gasteiger partial charge is 0.370 e. The SMILES string of the molecule is CCCCCCCCCCCCCCCCCCCc1ccc(NCCCC)nc1. The number of nitrogens with zero attached hydrogens (tertiary/aromatic N) is 1. The van der Waals surface area contributed by atoms with Crippen molar-refractivity contribution in [2.24, 2.45) is 0 Å². The Labute approximate surface area is 189 Å². The molecule has 2 nitrogen and oxygen atoms in total. The molecule has 0 saturated heterocycles. The van der Waals surface area contributed by atoms with E-state index in [0.717, 1.165) is 12.4 Å². The van der Waals surface area contributed by atoms with Crippen LogP contribution in [0.5, 0.6) is 0 Å². The number of nitrogens with one attached hydrogen (secondary N) is 1. The monoisotopic (exact) mass is 416 g/mol. The summed E-state index contributed by atoms with van der Waals surface area (Å²) >= 11 is 0. The van der Waals surface area contributed by atoms with Crippen LogP contribution in [-0.4, -0.2) is 11.5 Å². The second kappa shape index (κ2) is 21.2. The molecule has 0 spiro atoms. The topological polar surface area (TPSA) is 24.9 Å². The van der Waals surface area contributed by atoms with Crippen molar-refractivity contribution >= 4 is 5.82 Å². The van der Waals surface area contributed by atoms with Crippen molar-refractivity contribution in [1.29, 1.82) is 0 Å². The van der Waals surface area contributed by atoms with Gasteiger partial charge in [-0.1, -0.05) is 129 Å².